The molecule has 12 nitrogen and oxygen atoms in total. The van der Waals surface area contributed by atoms with Crippen LogP contribution in [0.4, 0.5) is 9.59 Å². The molecule has 4 atom stereocenters. The van der Waals surface area contributed by atoms with Gasteiger partial charge in [0, 0.05) is 6.54 Å². The summed E-state index contributed by atoms with van der Waals surface area (Å²) in [6, 6.07) is 6.77. The molecule has 1 aliphatic carbocycles. The second-order valence-electron chi connectivity index (χ2n) is 11.3. The molecule has 1 aromatic rings. The summed E-state index contributed by atoms with van der Waals surface area (Å²) in [5.74, 6) is -3.44. The lowest BCUT2D eigenvalue weighted by Gasteiger charge is -2.41. The van der Waals surface area contributed by atoms with Crippen molar-refractivity contribution in [2.45, 2.75) is 74.7 Å². The fraction of sp³-hybridized carbons (Fsp3) is 0.536. The Morgan fingerprint density at radius 3 is 2.09 bits per heavy atom. The van der Waals surface area contributed by atoms with Gasteiger partial charge in [-0.3, -0.25) is 19.3 Å². The zero-order valence-corrected chi connectivity index (χ0v) is 26.0. The third kappa shape index (κ3) is 8.31. The molecule has 0 bridgehead atoms. The standard InChI is InChI=1S/C28H32Cl3N3O9/c1-27(2,3)41-25(38)32-15-18(33(26(39)42-28(29,30)31)40-16-17-9-5-4-6-10-17)13-14-21(32)24(37)43-34-22(35)19-11-7-8-12-20(19)23(34)36/h4-10,18-21H,11-16H2,1-3H3/t18-,19-,20+,21+/m1/s1. The lowest BCUT2D eigenvalue weighted by Crippen LogP contribution is -2.59. The second-order valence-corrected chi connectivity index (χ2v) is 13.5. The van der Waals surface area contributed by atoms with Crippen molar-refractivity contribution in [1.82, 2.24) is 15.0 Å². The van der Waals surface area contributed by atoms with E-state index < -0.39 is 63.5 Å². The molecule has 1 aromatic carbocycles. The zero-order valence-electron chi connectivity index (χ0n) is 23.7. The van der Waals surface area contributed by atoms with Crippen LogP contribution in [0.1, 0.15) is 52.0 Å². The number of allylic oxidation sites excluding steroid dienone is 2. The molecule has 0 saturated carbocycles. The molecule has 0 aromatic heterocycles. The largest absolute Gasteiger partial charge is 0.444 e. The Balaban J connectivity index is 1.55. The highest BCUT2D eigenvalue weighted by atomic mass is 35.6. The molecule has 15 heteroatoms. The minimum atomic E-state index is -2.40. The van der Waals surface area contributed by atoms with Crippen molar-refractivity contribution in [3.63, 3.8) is 0 Å². The Bertz CT molecular complexity index is 1240. The van der Waals surface area contributed by atoms with Gasteiger partial charge in [-0.15, -0.1) is 5.06 Å². The maximum atomic E-state index is 13.4. The fourth-order valence-corrected chi connectivity index (χ4v) is 5.29. The Hall–Kier alpha value is -3.06. The van der Waals surface area contributed by atoms with Crippen LogP contribution in [0.15, 0.2) is 42.5 Å². The molecule has 2 saturated heterocycles. The second kappa shape index (κ2) is 13.3. The molecule has 2 heterocycles. The zero-order chi connectivity index (χ0) is 31.5. The maximum absolute atomic E-state index is 13.4. The van der Waals surface area contributed by atoms with E-state index in [0.717, 1.165) is 9.96 Å². The van der Waals surface area contributed by atoms with Crippen molar-refractivity contribution < 1.29 is 43.1 Å². The number of nitrogens with zero attached hydrogens (tertiary/aromatic N) is 3. The minimum Gasteiger partial charge on any atom is -0.444 e. The topological polar surface area (TPSA) is 132 Å². The number of amides is 4. The van der Waals surface area contributed by atoms with E-state index in [1.165, 1.54) is 0 Å². The van der Waals surface area contributed by atoms with E-state index in [1.807, 2.05) is 18.2 Å². The Kier molecular flexibility index (Phi) is 10.2. The number of ether oxygens (including phenoxy) is 2. The third-order valence-corrected chi connectivity index (χ3v) is 7.26. The van der Waals surface area contributed by atoms with Crippen LogP contribution in [-0.2, 0) is 40.1 Å². The van der Waals surface area contributed by atoms with Crippen LogP contribution in [0.5, 0.6) is 0 Å². The summed E-state index contributed by atoms with van der Waals surface area (Å²) in [5.41, 5.74) is -0.230. The third-order valence-electron chi connectivity index (χ3n) is 7.03. The molecule has 4 rings (SSSR count). The van der Waals surface area contributed by atoms with Crippen molar-refractivity contribution in [3.05, 3.63) is 48.0 Å². The molecule has 0 N–H and O–H groups in total. The highest BCUT2D eigenvalue weighted by Crippen LogP contribution is 2.36. The van der Waals surface area contributed by atoms with Crippen molar-refractivity contribution in [2.24, 2.45) is 11.8 Å². The number of likely N-dealkylation sites (tertiary alicyclic amines) is 1. The van der Waals surface area contributed by atoms with Crippen molar-refractivity contribution in [2.75, 3.05) is 6.54 Å². The van der Waals surface area contributed by atoms with Crippen LogP contribution < -0.4 is 0 Å². The number of hydrogen-bond donors (Lipinski definition) is 0. The van der Waals surface area contributed by atoms with Crippen LogP contribution >= 0.6 is 34.8 Å². The van der Waals surface area contributed by atoms with Gasteiger partial charge in [0.25, 0.3) is 11.8 Å². The van der Waals surface area contributed by atoms with Gasteiger partial charge in [-0.25, -0.2) is 14.4 Å². The smallest absolute Gasteiger partial charge is 0.437 e. The molecule has 4 amide bonds. The first kappa shape index (κ1) is 32.8. The lowest BCUT2D eigenvalue weighted by molar-refractivity contribution is -0.206. The average Bonchev–Trinajstić information content (AvgIpc) is 3.16. The number of imide groups is 1. The first-order valence-electron chi connectivity index (χ1n) is 13.6. The van der Waals surface area contributed by atoms with Crippen molar-refractivity contribution in [1.29, 1.82) is 0 Å². The lowest BCUT2D eigenvalue weighted by atomic mass is 9.85. The van der Waals surface area contributed by atoms with Crippen LogP contribution in [0, 0.1) is 11.8 Å². The normalized spacial score (nSPS) is 24.0. The number of alkyl halides is 3. The van der Waals surface area contributed by atoms with Gasteiger partial charge in [0.1, 0.15) is 18.2 Å². The molecule has 43 heavy (non-hydrogen) atoms. The van der Waals surface area contributed by atoms with Crippen LogP contribution in [0.25, 0.3) is 0 Å². The number of fused-ring (bicyclic) bond motifs is 1. The number of carbonyl (C=O) groups is 5. The summed E-state index contributed by atoms with van der Waals surface area (Å²) in [4.78, 5) is 77.7. The average molecular weight is 661 g/mol. The van der Waals surface area contributed by atoms with Crippen molar-refractivity contribution in [3.8, 4) is 0 Å². The summed E-state index contributed by atoms with van der Waals surface area (Å²) in [6.45, 7) is 4.58. The molecule has 0 radical (unpaired) electrons. The molecule has 2 fully saturated rings. The van der Waals surface area contributed by atoms with Gasteiger partial charge in [-0.1, -0.05) is 42.5 Å². The van der Waals surface area contributed by atoms with E-state index in [2.05, 4.69) is 0 Å². The molecular formula is C28H32Cl3N3O9. The molecule has 234 valence electrons. The maximum Gasteiger partial charge on any atom is 0.437 e. The highest BCUT2D eigenvalue weighted by molar-refractivity contribution is 6.66. The number of rotatable bonds is 6. The van der Waals surface area contributed by atoms with Gasteiger partial charge in [-0.05, 0) is 86.8 Å². The first-order valence-corrected chi connectivity index (χ1v) is 14.8. The Labute approximate surface area is 263 Å². The van der Waals surface area contributed by atoms with Crippen LogP contribution in [-0.4, -0.2) is 73.2 Å². The number of carbonyl (C=O) groups excluding carboxylic acids is 5. The molecule has 0 unspecified atom stereocenters. The number of piperidine rings is 1. The monoisotopic (exact) mass is 659 g/mol. The number of hydrogen-bond acceptors (Lipinski definition) is 9. The van der Waals surface area contributed by atoms with Gasteiger partial charge in [-0.2, -0.15) is 5.06 Å². The summed E-state index contributed by atoms with van der Waals surface area (Å²) in [5, 5.41) is 1.34. The van der Waals surface area contributed by atoms with Gasteiger partial charge >= 0.3 is 22.1 Å². The summed E-state index contributed by atoms with van der Waals surface area (Å²) < 4.78 is 8.02. The van der Waals surface area contributed by atoms with E-state index in [0.29, 0.717) is 23.5 Å². The molecule has 0 spiro atoms. The van der Waals surface area contributed by atoms with Crippen LogP contribution in [0.2, 0.25) is 0 Å². The van der Waals surface area contributed by atoms with E-state index in [-0.39, 0.29) is 26.0 Å². The highest BCUT2D eigenvalue weighted by Gasteiger charge is 2.51. The van der Waals surface area contributed by atoms with Crippen molar-refractivity contribution >= 4 is 64.8 Å². The van der Waals surface area contributed by atoms with E-state index >= 15 is 0 Å². The predicted octanol–water partition coefficient (Wildman–Crippen LogP) is 5.06. The van der Waals surface area contributed by atoms with Crippen LogP contribution in [0.3, 0.4) is 0 Å². The molecule has 3 aliphatic rings. The quantitative estimate of drug-likeness (QED) is 0.178. The molecule has 2 aliphatic heterocycles. The number of halogens is 3. The fourth-order valence-electron chi connectivity index (χ4n) is 5.09. The number of benzene rings is 1. The minimum absolute atomic E-state index is 0.0559. The number of hydroxylamine groups is 4. The van der Waals surface area contributed by atoms with E-state index in [4.69, 9.17) is 54.0 Å². The predicted molar refractivity (Wildman–Crippen MR) is 153 cm³/mol. The van der Waals surface area contributed by atoms with E-state index in [9.17, 15) is 24.0 Å². The SMILES string of the molecule is CC(C)(C)OC(=O)N1C[C@H](N(OCc2ccccc2)C(=O)OC(Cl)(Cl)Cl)CC[C@H]1C(=O)ON1C(=O)[C@H]2CC=CC[C@H]2C1=O. The molecular weight excluding hydrogens is 629 g/mol. The summed E-state index contributed by atoms with van der Waals surface area (Å²) in [7, 11) is 0. The first-order chi connectivity index (χ1) is 20.1. The Morgan fingerprint density at radius 2 is 1.53 bits per heavy atom. The van der Waals surface area contributed by atoms with Gasteiger partial charge in [0.05, 0.1) is 17.9 Å². The summed E-state index contributed by atoms with van der Waals surface area (Å²) in [6.07, 6.45) is 2.35. The van der Waals surface area contributed by atoms with Gasteiger partial charge < -0.3 is 14.3 Å². The van der Waals surface area contributed by atoms with Gasteiger partial charge in [0.2, 0.25) is 0 Å². The Morgan fingerprint density at radius 1 is 0.930 bits per heavy atom. The van der Waals surface area contributed by atoms with Gasteiger partial charge in [0.15, 0.2) is 0 Å². The summed E-state index contributed by atoms with van der Waals surface area (Å²) >= 11 is 17.1. The van der Waals surface area contributed by atoms with E-state index in [1.54, 1.807) is 45.0 Å².